The van der Waals surface area contributed by atoms with E-state index < -0.39 is 0 Å². The number of ether oxygens (including phenoxy) is 1. The lowest BCUT2D eigenvalue weighted by atomic mass is 10.4. The van der Waals surface area contributed by atoms with Gasteiger partial charge in [0.25, 0.3) is 5.56 Å². The van der Waals surface area contributed by atoms with E-state index >= 15 is 0 Å². The maximum absolute atomic E-state index is 12.1. The minimum Gasteiger partial charge on any atom is -0.378 e. The van der Waals surface area contributed by atoms with Crippen molar-refractivity contribution in [1.29, 1.82) is 0 Å². The lowest BCUT2D eigenvalue weighted by Gasteiger charge is -2.28. The first-order valence-electron chi connectivity index (χ1n) is 7.41. The lowest BCUT2D eigenvalue weighted by molar-refractivity contribution is 0.0678. The number of morpholine rings is 1. The van der Waals surface area contributed by atoms with Gasteiger partial charge in [-0.25, -0.2) is 9.98 Å². The van der Waals surface area contributed by atoms with Gasteiger partial charge in [0.15, 0.2) is 11.2 Å². The first kappa shape index (κ1) is 14.7. The standard InChI is InChI=1S/C14H20N6O2/c1-9(2)20-8-15-11-12(20)17-14(18-13(11)21)16-10(3)19-4-6-22-7-5-19/h8-9H,4-7H2,1-3H3,(H,17,18,21)/b16-10+. The highest BCUT2D eigenvalue weighted by atomic mass is 16.5. The Morgan fingerprint density at radius 1 is 1.41 bits per heavy atom. The van der Waals surface area contributed by atoms with Gasteiger partial charge in [0.05, 0.1) is 19.5 Å². The van der Waals surface area contributed by atoms with E-state index in [9.17, 15) is 4.79 Å². The number of aromatic nitrogens is 4. The molecule has 8 heteroatoms. The Morgan fingerprint density at radius 2 is 2.14 bits per heavy atom. The molecule has 0 unspecified atom stereocenters. The maximum Gasteiger partial charge on any atom is 0.280 e. The predicted molar refractivity (Wildman–Crippen MR) is 83.7 cm³/mol. The summed E-state index contributed by atoms with van der Waals surface area (Å²) in [7, 11) is 0. The van der Waals surface area contributed by atoms with Crippen LogP contribution in [0.3, 0.4) is 0 Å². The first-order chi connectivity index (χ1) is 10.6. The van der Waals surface area contributed by atoms with E-state index in [1.807, 2.05) is 25.3 Å². The second kappa shape index (κ2) is 5.88. The van der Waals surface area contributed by atoms with Gasteiger partial charge in [-0.2, -0.15) is 4.98 Å². The molecule has 1 fully saturated rings. The minimum absolute atomic E-state index is 0.177. The molecule has 0 atom stereocenters. The normalized spacial score (nSPS) is 16.7. The molecule has 0 amide bonds. The third-order valence-electron chi connectivity index (χ3n) is 3.71. The van der Waals surface area contributed by atoms with E-state index in [0.717, 1.165) is 18.9 Å². The quantitative estimate of drug-likeness (QED) is 0.662. The van der Waals surface area contributed by atoms with Gasteiger partial charge in [0.2, 0.25) is 5.95 Å². The summed E-state index contributed by atoms with van der Waals surface area (Å²) < 4.78 is 7.20. The van der Waals surface area contributed by atoms with E-state index in [1.54, 1.807) is 6.33 Å². The molecule has 0 saturated carbocycles. The molecule has 1 saturated heterocycles. The largest absolute Gasteiger partial charge is 0.378 e. The molecule has 0 aromatic carbocycles. The Kier molecular flexibility index (Phi) is 3.93. The summed E-state index contributed by atoms with van der Waals surface area (Å²) in [6.07, 6.45) is 1.64. The van der Waals surface area contributed by atoms with Crippen LogP contribution in [0.1, 0.15) is 26.8 Å². The van der Waals surface area contributed by atoms with Gasteiger partial charge in [-0.1, -0.05) is 0 Å². The molecule has 0 spiro atoms. The summed E-state index contributed by atoms with van der Waals surface area (Å²) in [5, 5.41) is 0. The highest BCUT2D eigenvalue weighted by Gasteiger charge is 2.14. The highest BCUT2D eigenvalue weighted by Crippen LogP contribution is 2.15. The van der Waals surface area contributed by atoms with Crippen LogP contribution in [-0.2, 0) is 4.74 Å². The van der Waals surface area contributed by atoms with Crippen molar-refractivity contribution in [3.63, 3.8) is 0 Å². The molecular weight excluding hydrogens is 284 g/mol. The predicted octanol–water partition coefficient (Wildman–Crippen LogP) is 1.08. The van der Waals surface area contributed by atoms with Crippen LogP contribution in [0.4, 0.5) is 5.95 Å². The average molecular weight is 304 g/mol. The van der Waals surface area contributed by atoms with Crippen molar-refractivity contribution < 1.29 is 4.74 Å². The zero-order valence-corrected chi connectivity index (χ0v) is 13.0. The number of nitrogens with one attached hydrogen (secondary N) is 1. The summed E-state index contributed by atoms with van der Waals surface area (Å²) in [5.41, 5.74) is 0.641. The third-order valence-corrected chi connectivity index (χ3v) is 3.71. The van der Waals surface area contributed by atoms with Crippen molar-refractivity contribution in [3.05, 3.63) is 16.7 Å². The Bertz CT molecular complexity index is 754. The van der Waals surface area contributed by atoms with Gasteiger partial charge in [0.1, 0.15) is 5.84 Å². The number of rotatable bonds is 2. The average Bonchev–Trinajstić information content (AvgIpc) is 2.92. The molecule has 3 heterocycles. The van der Waals surface area contributed by atoms with E-state index in [-0.39, 0.29) is 11.6 Å². The van der Waals surface area contributed by atoms with E-state index in [1.165, 1.54) is 0 Å². The van der Waals surface area contributed by atoms with Crippen molar-refractivity contribution in [2.45, 2.75) is 26.8 Å². The van der Waals surface area contributed by atoms with Crippen LogP contribution >= 0.6 is 0 Å². The second-order valence-corrected chi connectivity index (χ2v) is 5.57. The Balaban J connectivity index is 2.00. The van der Waals surface area contributed by atoms with Gasteiger partial charge in [0, 0.05) is 19.1 Å². The van der Waals surface area contributed by atoms with Crippen LogP contribution in [-0.4, -0.2) is 56.6 Å². The van der Waals surface area contributed by atoms with E-state index in [0.29, 0.717) is 30.3 Å². The molecule has 118 valence electrons. The smallest absolute Gasteiger partial charge is 0.280 e. The summed E-state index contributed by atoms with van der Waals surface area (Å²) in [6.45, 7) is 8.93. The zero-order chi connectivity index (χ0) is 15.7. The summed E-state index contributed by atoms with van der Waals surface area (Å²) in [6, 6.07) is 0.177. The van der Waals surface area contributed by atoms with Crippen LogP contribution in [0, 0.1) is 0 Å². The van der Waals surface area contributed by atoms with Crippen molar-refractivity contribution in [2.75, 3.05) is 26.3 Å². The van der Waals surface area contributed by atoms with Crippen molar-refractivity contribution in [3.8, 4) is 0 Å². The van der Waals surface area contributed by atoms with Crippen LogP contribution in [0.2, 0.25) is 0 Å². The lowest BCUT2D eigenvalue weighted by Crippen LogP contribution is -2.39. The Labute approximate surface area is 127 Å². The number of amidine groups is 1. The third kappa shape index (κ3) is 2.74. The van der Waals surface area contributed by atoms with Gasteiger partial charge >= 0.3 is 0 Å². The number of hydrogen-bond acceptors (Lipinski definition) is 5. The number of aliphatic imine (C=N–C) groups is 1. The first-order valence-corrected chi connectivity index (χ1v) is 7.41. The molecule has 1 aliphatic rings. The topological polar surface area (TPSA) is 88.4 Å². The Hall–Kier alpha value is -2.22. The fraction of sp³-hybridized carbons (Fsp3) is 0.571. The number of hydrogen-bond donors (Lipinski definition) is 1. The van der Waals surface area contributed by atoms with Crippen molar-refractivity contribution >= 4 is 22.9 Å². The SMILES string of the molecule is C/C(=N\c1nc2c(ncn2C(C)C)c(=O)[nH]1)N1CCOCC1. The van der Waals surface area contributed by atoms with E-state index in [2.05, 4.69) is 24.8 Å². The van der Waals surface area contributed by atoms with Crippen LogP contribution in [0.5, 0.6) is 0 Å². The Morgan fingerprint density at radius 3 is 2.82 bits per heavy atom. The molecule has 1 aliphatic heterocycles. The molecule has 0 bridgehead atoms. The molecule has 2 aromatic rings. The second-order valence-electron chi connectivity index (χ2n) is 5.57. The van der Waals surface area contributed by atoms with Crippen LogP contribution < -0.4 is 5.56 Å². The van der Waals surface area contributed by atoms with E-state index in [4.69, 9.17) is 4.74 Å². The molecule has 0 aliphatic carbocycles. The molecule has 8 nitrogen and oxygen atoms in total. The summed E-state index contributed by atoms with van der Waals surface area (Å²) in [4.78, 5) is 30.0. The zero-order valence-electron chi connectivity index (χ0n) is 13.0. The summed E-state index contributed by atoms with van der Waals surface area (Å²) in [5.74, 6) is 1.13. The van der Waals surface area contributed by atoms with Gasteiger partial charge < -0.3 is 14.2 Å². The number of aromatic amines is 1. The van der Waals surface area contributed by atoms with Crippen LogP contribution in [0.15, 0.2) is 16.1 Å². The minimum atomic E-state index is -0.266. The number of H-pyrrole nitrogens is 1. The molecular formula is C14H20N6O2. The fourth-order valence-electron chi connectivity index (χ4n) is 2.46. The number of nitrogens with zero attached hydrogens (tertiary/aromatic N) is 5. The highest BCUT2D eigenvalue weighted by molar-refractivity contribution is 5.82. The summed E-state index contributed by atoms with van der Waals surface area (Å²) >= 11 is 0. The molecule has 2 aromatic heterocycles. The maximum atomic E-state index is 12.1. The van der Waals surface area contributed by atoms with Gasteiger partial charge in [-0.05, 0) is 20.8 Å². The fourth-order valence-corrected chi connectivity index (χ4v) is 2.46. The molecule has 22 heavy (non-hydrogen) atoms. The van der Waals surface area contributed by atoms with Gasteiger partial charge in [-0.3, -0.25) is 9.78 Å². The number of imidazole rings is 1. The van der Waals surface area contributed by atoms with Gasteiger partial charge in [-0.15, -0.1) is 0 Å². The molecule has 0 radical (unpaired) electrons. The monoisotopic (exact) mass is 304 g/mol. The molecule has 3 rings (SSSR count). The van der Waals surface area contributed by atoms with Crippen molar-refractivity contribution in [1.82, 2.24) is 24.4 Å². The molecule has 1 N–H and O–H groups in total. The van der Waals surface area contributed by atoms with Crippen LogP contribution in [0.25, 0.3) is 11.2 Å². The number of fused-ring (bicyclic) bond motifs is 1. The van der Waals surface area contributed by atoms with Crippen molar-refractivity contribution in [2.24, 2.45) is 4.99 Å².